The molecule has 7 heteroatoms. The Labute approximate surface area is 150 Å². The van der Waals surface area contributed by atoms with Crippen molar-refractivity contribution in [2.75, 3.05) is 28.9 Å². The number of rotatable bonds is 3. The van der Waals surface area contributed by atoms with Crippen LogP contribution in [-0.4, -0.2) is 25.3 Å². The van der Waals surface area contributed by atoms with E-state index in [1.54, 1.807) is 23.1 Å². The molecule has 0 bridgehead atoms. The first-order valence-electron chi connectivity index (χ1n) is 8.49. The number of anilines is 3. The number of urea groups is 1. The molecule has 2 heterocycles. The molecule has 0 unspecified atom stereocenters. The lowest BCUT2D eigenvalue weighted by atomic mass is 10.1. The lowest BCUT2D eigenvalue weighted by Crippen LogP contribution is -2.25. The Balaban J connectivity index is 1.46. The maximum absolute atomic E-state index is 12.3. The van der Waals surface area contributed by atoms with E-state index in [1.807, 2.05) is 25.1 Å². The first-order valence-corrected chi connectivity index (χ1v) is 8.49. The highest BCUT2D eigenvalue weighted by molar-refractivity contribution is 6.01. The summed E-state index contributed by atoms with van der Waals surface area (Å²) in [6.07, 6.45) is 1.43. The number of fused-ring (bicyclic) bond motifs is 1. The summed E-state index contributed by atoms with van der Waals surface area (Å²) in [5.74, 6) is 1.39. The average molecular weight is 353 g/mol. The van der Waals surface area contributed by atoms with Crippen LogP contribution in [0.3, 0.4) is 0 Å². The van der Waals surface area contributed by atoms with Crippen LogP contribution in [0.1, 0.15) is 18.4 Å². The van der Waals surface area contributed by atoms with Gasteiger partial charge < -0.3 is 25.0 Å². The van der Waals surface area contributed by atoms with Crippen molar-refractivity contribution in [3.8, 4) is 11.5 Å². The smallest absolute Gasteiger partial charge is 0.323 e. The van der Waals surface area contributed by atoms with Crippen LogP contribution < -0.4 is 25.0 Å². The molecule has 3 amide bonds. The Morgan fingerprint density at radius 2 is 1.77 bits per heavy atom. The molecule has 7 nitrogen and oxygen atoms in total. The summed E-state index contributed by atoms with van der Waals surface area (Å²) >= 11 is 0. The largest absolute Gasteiger partial charge is 0.454 e. The van der Waals surface area contributed by atoms with Crippen molar-refractivity contribution in [1.29, 1.82) is 0 Å². The van der Waals surface area contributed by atoms with Crippen LogP contribution in [-0.2, 0) is 4.79 Å². The van der Waals surface area contributed by atoms with Gasteiger partial charge in [-0.2, -0.15) is 0 Å². The van der Waals surface area contributed by atoms with Crippen molar-refractivity contribution < 1.29 is 19.1 Å². The second-order valence-electron chi connectivity index (χ2n) is 6.30. The van der Waals surface area contributed by atoms with E-state index in [0.717, 1.165) is 17.7 Å². The molecular formula is C19H19N3O4. The van der Waals surface area contributed by atoms with Crippen LogP contribution in [0.4, 0.5) is 21.9 Å². The van der Waals surface area contributed by atoms with Crippen molar-refractivity contribution in [2.45, 2.75) is 19.8 Å². The number of benzene rings is 2. The average Bonchev–Trinajstić information content (AvgIpc) is 3.25. The van der Waals surface area contributed by atoms with E-state index < -0.39 is 0 Å². The highest BCUT2D eigenvalue weighted by atomic mass is 16.7. The van der Waals surface area contributed by atoms with Crippen molar-refractivity contribution in [3.63, 3.8) is 0 Å². The second-order valence-corrected chi connectivity index (χ2v) is 6.30. The highest BCUT2D eigenvalue weighted by Crippen LogP contribution is 2.34. The minimum atomic E-state index is -0.369. The molecule has 2 aliphatic rings. The first kappa shape index (κ1) is 16.3. The van der Waals surface area contributed by atoms with Gasteiger partial charge in [-0.15, -0.1) is 0 Å². The molecule has 0 radical (unpaired) electrons. The monoisotopic (exact) mass is 353 g/mol. The third-order valence-corrected chi connectivity index (χ3v) is 4.46. The maximum Gasteiger partial charge on any atom is 0.323 e. The molecule has 2 aliphatic heterocycles. The molecular weight excluding hydrogens is 334 g/mol. The summed E-state index contributed by atoms with van der Waals surface area (Å²) in [7, 11) is 0. The van der Waals surface area contributed by atoms with Gasteiger partial charge in [0.1, 0.15) is 0 Å². The van der Waals surface area contributed by atoms with Gasteiger partial charge in [0.2, 0.25) is 12.7 Å². The molecule has 0 aromatic heterocycles. The van der Waals surface area contributed by atoms with Gasteiger partial charge in [-0.3, -0.25) is 4.79 Å². The first-order chi connectivity index (χ1) is 12.6. The fourth-order valence-corrected chi connectivity index (χ4v) is 3.15. The molecule has 2 N–H and O–H groups in total. The fourth-order valence-electron chi connectivity index (χ4n) is 3.15. The summed E-state index contributed by atoms with van der Waals surface area (Å²) in [4.78, 5) is 26.1. The molecule has 134 valence electrons. The van der Waals surface area contributed by atoms with Crippen LogP contribution in [0, 0.1) is 6.92 Å². The molecule has 0 atom stereocenters. The number of aryl methyl sites for hydroxylation is 1. The van der Waals surface area contributed by atoms with E-state index >= 15 is 0 Å². The number of hydrogen-bond acceptors (Lipinski definition) is 4. The SMILES string of the molecule is Cc1ccc(NC(=O)Nc2ccc3c(c2)OCO3)cc1N1CCCC1=O. The van der Waals surface area contributed by atoms with Crippen LogP contribution in [0.25, 0.3) is 0 Å². The van der Waals surface area contributed by atoms with E-state index in [2.05, 4.69) is 10.6 Å². The summed E-state index contributed by atoms with van der Waals surface area (Å²) in [6.45, 7) is 2.86. The number of carbonyl (C=O) groups excluding carboxylic acids is 2. The Morgan fingerprint density at radius 1 is 1.04 bits per heavy atom. The van der Waals surface area contributed by atoms with Crippen molar-refractivity contribution >= 4 is 29.0 Å². The fraction of sp³-hybridized carbons (Fsp3) is 0.263. The van der Waals surface area contributed by atoms with Crippen molar-refractivity contribution in [3.05, 3.63) is 42.0 Å². The van der Waals surface area contributed by atoms with Gasteiger partial charge in [0.05, 0.1) is 0 Å². The van der Waals surface area contributed by atoms with Gasteiger partial charge in [0.15, 0.2) is 11.5 Å². The molecule has 26 heavy (non-hydrogen) atoms. The molecule has 1 saturated heterocycles. The van der Waals surface area contributed by atoms with Gasteiger partial charge in [-0.05, 0) is 43.2 Å². The molecule has 2 aromatic rings. The zero-order valence-corrected chi connectivity index (χ0v) is 14.4. The van der Waals surface area contributed by atoms with Crippen molar-refractivity contribution in [1.82, 2.24) is 0 Å². The standard InChI is InChI=1S/C19H19N3O4/c1-12-4-5-13(9-15(12)22-8-2-3-18(22)23)20-19(24)21-14-6-7-16-17(10-14)26-11-25-16/h4-7,9-10H,2-3,8,11H2,1H3,(H2,20,21,24). The molecule has 0 aliphatic carbocycles. The zero-order valence-electron chi connectivity index (χ0n) is 14.4. The van der Waals surface area contributed by atoms with Gasteiger partial charge in [-0.25, -0.2) is 4.79 Å². The lowest BCUT2D eigenvalue weighted by molar-refractivity contribution is -0.117. The Hall–Kier alpha value is -3.22. The normalized spacial score (nSPS) is 15.3. The van der Waals surface area contributed by atoms with E-state index in [-0.39, 0.29) is 18.7 Å². The van der Waals surface area contributed by atoms with E-state index in [1.165, 1.54) is 0 Å². The van der Waals surface area contributed by atoms with Gasteiger partial charge >= 0.3 is 6.03 Å². The lowest BCUT2D eigenvalue weighted by Gasteiger charge is -2.19. The van der Waals surface area contributed by atoms with Gasteiger partial charge in [-0.1, -0.05) is 6.07 Å². The Kier molecular flexibility index (Phi) is 4.12. The summed E-state index contributed by atoms with van der Waals surface area (Å²) < 4.78 is 10.6. The van der Waals surface area contributed by atoms with Crippen LogP contribution >= 0.6 is 0 Å². The summed E-state index contributed by atoms with van der Waals surface area (Å²) in [6, 6.07) is 10.4. The Bertz CT molecular complexity index is 881. The molecule has 2 aromatic carbocycles. The van der Waals surface area contributed by atoms with E-state index in [9.17, 15) is 9.59 Å². The number of nitrogens with zero attached hydrogens (tertiary/aromatic N) is 1. The molecule has 4 rings (SSSR count). The number of ether oxygens (including phenoxy) is 2. The summed E-state index contributed by atoms with van der Waals surface area (Å²) in [5.41, 5.74) is 3.08. The zero-order chi connectivity index (χ0) is 18.1. The van der Waals surface area contributed by atoms with E-state index in [4.69, 9.17) is 9.47 Å². The van der Waals surface area contributed by atoms with Crippen LogP contribution in [0.2, 0.25) is 0 Å². The second kappa shape index (κ2) is 6.59. The predicted molar refractivity (Wildman–Crippen MR) is 98.0 cm³/mol. The molecule has 0 saturated carbocycles. The number of carbonyl (C=O) groups is 2. The summed E-state index contributed by atoms with van der Waals surface area (Å²) in [5, 5.41) is 5.57. The molecule has 0 spiro atoms. The van der Waals surface area contributed by atoms with Gasteiger partial charge in [0, 0.05) is 36.1 Å². The number of hydrogen-bond donors (Lipinski definition) is 2. The maximum atomic E-state index is 12.3. The third kappa shape index (κ3) is 3.15. The molecule has 1 fully saturated rings. The quantitative estimate of drug-likeness (QED) is 0.885. The minimum Gasteiger partial charge on any atom is -0.454 e. The minimum absolute atomic E-state index is 0.120. The number of amides is 3. The highest BCUT2D eigenvalue weighted by Gasteiger charge is 2.23. The third-order valence-electron chi connectivity index (χ3n) is 4.46. The Morgan fingerprint density at radius 3 is 2.54 bits per heavy atom. The predicted octanol–water partition coefficient (Wildman–Crippen LogP) is 3.49. The topological polar surface area (TPSA) is 79.9 Å². The van der Waals surface area contributed by atoms with Crippen LogP contribution in [0.15, 0.2) is 36.4 Å². The van der Waals surface area contributed by atoms with Crippen molar-refractivity contribution in [2.24, 2.45) is 0 Å². The number of nitrogens with one attached hydrogen (secondary N) is 2. The van der Waals surface area contributed by atoms with Gasteiger partial charge in [0.25, 0.3) is 0 Å². The van der Waals surface area contributed by atoms with E-state index in [0.29, 0.717) is 35.8 Å². The van der Waals surface area contributed by atoms with Crippen LogP contribution in [0.5, 0.6) is 11.5 Å².